The number of halogens is 1. The van der Waals surface area contributed by atoms with Crippen molar-refractivity contribution in [3.63, 3.8) is 0 Å². The van der Waals surface area contributed by atoms with E-state index in [-0.39, 0.29) is 0 Å². The molecule has 0 unspecified atom stereocenters. The van der Waals surface area contributed by atoms with Crippen molar-refractivity contribution in [2.75, 3.05) is 5.32 Å². The van der Waals surface area contributed by atoms with Crippen molar-refractivity contribution >= 4 is 22.3 Å². The highest BCUT2D eigenvalue weighted by Gasteiger charge is 2.16. The van der Waals surface area contributed by atoms with Crippen molar-refractivity contribution in [2.45, 2.75) is 0 Å². The standard InChI is InChI=1S/C19H13FN4/c20-17-18(13-5-9-21-10-6-13)24-16-4-2-1-3-15(16)19(17)23-14-7-11-22-12-8-14/h1-12H,(H,22,23,24). The molecule has 1 aromatic carbocycles. The Kier molecular flexibility index (Phi) is 3.59. The summed E-state index contributed by atoms with van der Waals surface area (Å²) in [5.41, 5.74) is 2.88. The molecule has 0 aliphatic rings. The van der Waals surface area contributed by atoms with Gasteiger partial charge in [0.2, 0.25) is 0 Å². The average molecular weight is 316 g/mol. The van der Waals surface area contributed by atoms with Gasteiger partial charge in [0.05, 0.1) is 11.2 Å². The Morgan fingerprint density at radius 2 is 1.46 bits per heavy atom. The van der Waals surface area contributed by atoms with E-state index >= 15 is 4.39 Å². The normalized spacial score (nSPS) is 10.7. The first-order chi connectivity index (χ1) is 11.8. The molecular weight excluding hydrogens is 303 g/mol. The lowest BCUT2D eigenvalue weighted by Gasteiger charge is -2.14. The van der Waals surface area contributed by atoms with E-state index in [0.717, 1.165) is 16.6 Å². The van der Waals surface area contributed by atoms with Crippen LogP contribution in [0.5, 0.6) is 0 Å². The van der Waals surface area contributed by atoms with Crippen molar-refractivity contribution in [3.05, 3.63) is 79.1 Å². The van der Waals surface area contributed by atoms with Crippen LogP contribution in [0.1, 0.15) is 0 Å². The maximum Gasteiger partial charge on any atom is 0.173 e. The second-order valence-corrected chi connectivity index (χ2v) is 5.26. The van der Waals surface area contributed by atoms with Gasteiger partial charge in [0, 0.05) is 41.4 Å². The van der Waals surface area contributed by atoms with Gasteiger partial charge in [-0.2, -0.15) is 0 Å². The van der Waals surface area contributed by atoms with Crippen molar-refractivity contribution < 1.29 is 4.39 Å². The number of aromatic nitrogens is 3. The van der Waals surface area contributed by atoms with Gasteiger partial charge < -0.3 is 5.32 Å². The highest BCUT2D eigenvalue weighted by Crippen LogP contribution is 2.33. The van der Waals surface area contributed by atoms with Gasteiger partial charge >= 0.3 is 0 Å². The topological polar surface area (TPSA) is 50.7 Å². The van der Waals surface area contributed by atoms with Crippen molar-refractivity contribution in [2.24, 2.45) is 0 Å². The van der Waals surface area contributed by atoms with E-state index in [9.17, 15) is 0 Å². The summed E-state index contributed by atoms with van der Waals surface area (Å²) < 4.78 is 15.2. The van der Waals surface area contributed by atoms with Gasteiger partial charge in [-0.3, -0.25) is 9.97 Å². The molecule has 5 heteroatoms. The lowest BCUT2D eigenvalue weighted by Crippen LogP contribution is -2.00. The number of para-hydroxylation sites is 1. The summed E-state index contributed by atoms with van der Waals surface area (Å²) in [5.74, 6) is -0.392. The SMILES string of the molecule is Fc1c(-c2ccncc2)nc2ccccc2c1Nc1ccncc1. The lowest BCUT2D eigenvalue weighted by atomic mass is 10.1. The molecule has 0 saturated carbocycles. The first kappa shape index (κ1) is 14.3. The van der Waals surface area contributed by atoms with E-state index in [1.54, 1.807) is 49.1 Å². The number of rotatable bonds is 3. The van der Waals surface area contributed by atoms with Crippen LogP contribution in [-0.2, 0) is 0 Å². The van der Waals surface area contributed by atoms with Crippen molar-refractivity contribution in [1.29, 1.82) is 0 Å². The Morgan fingerprint density at radius 1 is 0.792 bits per heavy atom. The van der Waals surface area contributed by atoms with Crippen LogP contribution in [0.25, 0.3) is 22.2 Å². The molecule has 4 nitrogen and oxygen atoms in total. The van der Waals surface area contributed by atoms with Crippen molar-refractivity contribution in [3.8, 4) is 11.3 Å². The predicted molar refractivity (Wildman–Crippen MR) is 92.5 cm³/mol. The van der Waals surface area contributed by atoms with E-state index in [1.807, 2.05) is 24.3 Å². The van der Waals surface area contributed by atoms with Gasteiger partial charge in [-0.15, -0.1) is 0 Å². The first-order valence-corrected chi connectivity index (χ1v) is 7.48. The highest BCUT2D eigenvalue weighted by molar-refractivity contribution is 5.95. The summed E-state index contributed by atoms with van der Waals surface area (Å²) in [6.45, 7) is 0. The number of pyridine rings is 3. The molecule has 4 aromatic rings. The zero-order chi connectivity index (χ0) is 16.4. The minimum absolute atomic E-state index is 0.299. The van der Waals surface area contributed by atoms with Crippen LogP contribution in [0.4, 0.5) is 15.8 Å². The van der Waals surface area contributed by atoms with E-state index in [1.165, 1.54) is 0 Å². The van der Waals surface area contributed by atoms with Crippen LogP contribution in [0, 0.1) is 5.82 Å². The van der Waals surface area contributed by atoms with Crippen LogP contribution in [0.15, 0.2) is 73.3 Å². The molecule has 1 N–H and O–H groups in total. The molecule has 0 aliphatic heterocycles. The van der Waals surface area contributed by atoms with Crippen molar-refractivity contribution in [1.82, 2.24) is 15.0 Å². The largest absolute Gasteiger partial charge is 0.352 e. The number of nitrogens with one attached hydrogen (secondary N) is 1. The summed E-state index contributed by atoms with van der Waals surface area (Å²) in [7, 11) is 0. The molecule has 0 saturated heterocycles. The number of anilines is 2. The quantitative estimate of drug-likeness (QED) is 0.601. The van der Waals surface area contributed by atoms with Gasteiger partial charge in [0.1, 0.15) is 5.69 Å². The number of benzene rings is 1. The molecule has 0 amide bonds. The Bertz CT molecular complexity index is 988. The molecular formula is C19H13FN4. The number of fused-ring (bicyclic) bond motifs is 1. The van der Waals surface area contributed by atoms with Crippen LogP contribution >= 0.6 is 0 Å². The van der Waals surface area contributed by atoms with Gasteiger partial charge in [0.25, 0.3) is 0 Å². The van der Waals surface area contributed by atoms with Crippen LogP contribution in [0.2, 0.25) is 0 Å². The van der Waals surface area contributed by atoms with Crippen LogP contribution in [-0.4, -0.2) is 15.0 Å². The monoisotopic (exact) mass is 316 g/mol. The fourth-order valence-electron chi connectivity index (χ4n) is 2.59. The minimum Gasteiger partial charge on any atom is -0.352 e. The maximum absolute atomic E-state index is 15.2. The Morgan fingerprint density at radius 3 is 2.21 bits per heavy atom. The molecule has 0 fully saturated rings. The smallest absolute Gasteiger partial charge is 0.173 e. The van der Waals surface area contributed by atoms with Crippen LogP contribution in [0.3, 0.4) is 0 Å². The zero-order valence-electron chi connectivity index (χ0n) is 12.6. The lowest BCUT2D eigenvalue weighted by molar-refractivity contribution is 0.632. The van der Waals surface area contributed by atoms with E-state index in [2.05, 4.69) is 20.3 Å². The second-order valence-electron chi connectivity index (χ2n) is 5.26. The number of nitrogens with zero attached hydrogens (tertiary/aromatic N) is 3. The Hall–Kier alpha value is -3.34. The summed E-state index contributed by atoms with van der Waals surface area (Å²) in [6.07, 6.45) is 6.57. The summed E-state index contributed by atoms with van der Waals surface area (Å²) in [6, 6.07) is 14.6. The molecule has 0 aliphatic carbocycles. The molecule has 24 heavy (non-hydrogen) atoms. The average Bonchev–Trinajstić information content (AvgIpc) is 2.65. The summed E-state index contributed by atoms with van der Waals surface area (Å²) in [4.78, 5) is 12.5. The highest BCUT2D eigenvalue weighted by atomic mass is 19.1. The van der Waals surface area contributed by atoms with E-state index in [4.69, 9.17) is 0 Å². The first-order valence-electron chi connectivity index (χ1n) is 7.48. The number of hydrogen-bond donors (Lipinski definition) is 1. The number of hydrogen-bond acceptors (Lipinski definition) is 4. The third kappa shape index (κ3) is 2.56. The molecule has 0 atom stereocenters. The molecule has 0 spiro atoms. The third-order valence-electron chi connectivity index (χ3n) is 3.74. The van der Waals surface area contributed by atoms with Gasteiger partial charge in [-0.25, -0.2) is 9.37 Å². The summed E-state index contributed by atoms with van der Waals surface area (Å²) in [5, 5.41) is 3.88. The Labute approximate surface area is 138 Å². The van der Waals surface area contributed by atoms with E-state index < -0.39 is 5.82 Å². The zero-order valence-corrected chi connectivity index (χ0v) is 12.6. The molecule has 116 valence electrons. The predicted octanol–water partition coefficient (Wildman–Crippen LogP) is 4.57. The molecule has 3 aromatic heterocycles. The van der Waals surface area contributed by atoms with Crippen LogP contribution < -0.4 is 5.32 Å². The van der Waals surface area contributed by atoms with Gasteiger partial charge in [0.15, 0.2) is 5.82 Å². The minimum atomic E-state index is -0.392. The van der Waals surface area contributed by atoms with Gasteiger partial charge in [-0.1, -0.05) is 18.2 Å². The fourth-order valence-corrected chi connectivity index (χ4v) is 2.59. The summed E-state index contributed by atoms with van der Waals surface area (Å²) >= 11 is 0. The second kappa shape index (κ2) is 6.04. The molecule has 0 radical (unpaired) electrons. The van der Waals surface area contributed by atoms with Gasteiger partial charge in [-0.05, 0) is 30.3 Å². The molecule has 4 rings (SSSR count). The third-order valence-corrected chi connectivity index (χ3v) is 3.74. The van der Waals surface area contributed by atoms with E-state index in [0.29, 0.717) is 16.9 Å². The maximum atomic E-state index is 15.2. The Balaban J connectivity index is 1.95. The molecule has 3 heterocycles. The molecule has 0 bridgehead atoms. The fraction of sp³-hybridized carbons (Fsp3) is 0.